The van der Waals surface area contributed by atoms with Gasteiger partial charge < -0.3 is 89.3 Å². The van der Waals surface area contributed by atoms with Crippen molar-refractivity contribution in [2.24, 2.45) is 40.4 Å². The topological polar surface area (TPSA) is 304 Å². The number of hydrogen-bond donors (Lipinski definition) is 11. The van der Waals surface area contributed by atoms with E-state index < -0.39 is 123 Å². The van der Waals surface area contributed by atoms with Crippen molar-refractivity contribution < 1.29 is 94.1 Å². The molecule has 8 rings (SSSR count). The second-order valence-corrected chi connectivity index (χ2v) is 20.4. The van der Waals surface area contributed by atoms with Crippen LogP contribution < -0.4 is 0 Å². The fraction of sp³-hybridized carbons (Fsp3) is 0.889. The first kappa shape index (κ1) is 48.7. The highest BCUT2D eigenvalue weighted by molar-refractivity contribution is 5.90. The van der Waals surface area contributed by atoms with Crippen LogP contribution in [0.1, 0.15) is 79.1 Å². The molecule has 19 nitrogen and oxygen atoms in total. The molecule has 0 bridgehead atoms. The number of allylic oxidation sites excluding steroid dienone is 1. The molecule has 3 saturated carbocycles. The van der Waals surface area contributed by atoms with Crippen LogP contribution >= 0.6 is 0 Å². The van der Waals surface area contributed by atoms with Gasteiger partial charge in [0.15, 0.2) is 18.9 Å². The average molecular weight is 915 g/mol. The van der Waals surface area contributed by atoms with E-state index in [4.69, 9.17) is 33.2 Å². The minimum atomic E-state index is -1.87. The summed E-state index contributed by atoms with van der Waals surface area (Å²) < 4.78 is 40.4. The van der Waals surface area contributed by atoms with E-state index >= 15 is 0 Å². The van der Waals surface area contributed by atoms with Crippen molar-refractivity contribution in [2.75, 3.05) is 26.4 Å². The monoisotopic (exact) mass is 914 g/mol. The Bertz CT molecular complexity index is 1730. The summed E-state index contributed by atoms with van der Waals surface area (Å²) in [5, 5.41) is 117. The molecule has 24 unspecified atom stereocenters. The smallest absolute Gasteiger partial charge is 0.336 e. The van der Waals surface area contributed by atoms with Gasteiger partial charge in [0.1, 0.15) is 73.2 Å². The largest absolute Gasteiger partial charge is 0.458 e. The van der Waals surface area contributed by atoms with Crippen LogP contribution in [0.15, 0.2) is 22.8 Å². The quantitative estimate of drug-likeness (QED) is 0.0811. The second kappa shape index (κ2) is 19.0. The lowest BCUT2D eigenvalue weighted by Gasteiger charge is -2.60. The SMILES string of the molecule is CC1=C(CO)C(=O)OC(C(C)C2CCC3C4CC=C5CC(OC6OC(CO)C(OC7OC(COC8OCC(O)C(O)C8O)C(O)C(O)C7O)C(O)C6O)CC(O)C5(C)C4CCC23C)C1. The Hall–Kier alpha value is -1.73. The Labute approximate surface area is 372 Å². The molecule has 0 radical (unpaired) electrons. The Morgan fingerprint density at radius 2 is 1.48 bits per heavy atom. The normalized spacial score (nSPS) is 51.4. The Morgan fingerprint density at radius 3 is 2.19 bits per heavy atom. The van der Waals surface area contributed by atoms with Crippen molar-refractivity contribution in [1.29, 1.82) is 0 Å². The van der Waals surface area contributed by atoms with Gasteiger partial charge in [0.05, 0.1) is 44.2 Å². The molecule has 6 fully saturated rings. The zero-order chi connectivity index (χ0) is 46.2. The molecule has 3 saturated heterocycles. The van der Waals surface area contributed by atoms with E-state index in [1.165, 1.54) is 0 Å². The molecule has 364 valence electrons. The van der Waals surface area contributed by atoms with Crippen molar-refractivity contribution >= 4 is 5.97 Å². The number of aliphatic hydroxyl groups is 11. The highest BCUT2D eigenvalue weighted by Crippen LogP contribution is 2.67. The lowest BCUT2D eigenvalue weighted by molar-refractivity contribution is -0.367. The Balaban J connectivity index is 0.890. The van der Waals surface area contributed by atoms with Gasteiger partial charge in [-0.3, -0.25) is 0 Å². The van der Waals surface area contributed by atoms with Crippen molar-refractivity contribution in [1.82, 2.24) is 0 Å². The number of hydrogen-bond acceptors (Lipinski definition) is 19. The van der Waals surface area contributed by atoms with Crippen LogP contribution in [0.5, 0.6) is 0 Å². The van der Waals surface area contributed by atoms with Crippen LogP contribution in [0.25, 0.3) is 0 Å². The molecule has 0 aromatic rings. The molecule has 0 aromatic carbocycles. The van der Waals surface area contributed by atoms with Crippen LogP contribution in [0.3, 0.4) is 0 Å². The zero-order valence-electron chi connectivity index (χ0n) is 36.9. The number of cyclic esters (lactones) is 1. The van der Waals surface area contributed by atoms with Gasteiger partial charge in [-0.1, -0.05) is 38.0 Å². The predicted octanol–water partition coefficient (Wildman–Crippen LogP) is -1.73. The van der Waals surface area contributed by atoms with Crippen molar-refractivity contribution in [3.05, 3.63) is 22.8 Å². The molecule has 19 heteroatoms. The molecule has 24 atom stereocenters. The van der Waals surface area contributed by atoms with Gasteiger partial charge >= 0.3 is 5.97 Å². The fourth-order valence-corrected chi connectivity index (χ4v) is 13.3. The fourth-order valence-electron chi connectivity index (χ4n) is 13.3. The first-order valence-corrected chi connectivity index (χ1v) is 23.1. The van der Waals surface area contributed by atoms with E-state index in [1.807, 2.05) is 6.92 Å². The maximum absolute atomic E-state index is 12.7. The summed E-state index contributed by atoms with van der Waals surface area (Å²) in [6.45, 7) is 6.72. The summed E-state index contributed by atoms with van der Waals surface area (Å²) in [6.07, 6.45) is -15.6. The highest BCUT2D eigenvalue weighted by atomic mass is 16.8. The van der Waals surface area contributed by atoms with Crippen molar-refractivity contribution in [2.45, 2.75) is 183 Å². The maximum atomic E-state index is 12.7. The summed E-state index contributed by atoms with van der Waals surface area (Å²) in [4.78, 5) is 12.7. The van der Waals surface area contributed by atoms with Gasteiger partial charge in [0.2, 0.25) is 0 Å². The molecule has 8 aliphatic rings. The molecule has 0 aromatic heterocycles. The van der Waals surface area contributed by atoms with Gasteiger partial charge in [0.25, 0.3) is 0 Å². The minimum absolute atomic E-state index is 0.0408. The molecule has 0 amide bonds. The highest BCUT2D eigenvalue weighted by Gasteiger charge is 2.62. The molecule has 0 spiro atoms. The lowest BCUT2D eigenvalue weighted by Crippen LogP contribution is -2.65. The summed E-state index contributed by atoms with van der Waals surface area (Å²) in [7, 11) is 0. The summed E-state index contributed by atoms with van der Waals surface area (Å²) >= 11 is 0. The first-order valence-electron chi connectivity index (χ1n) is 23.1. The van der Waals surface area contributed by atoms with Gasteiger partial charge in [-0.2, -0.15) is 0 Å². The van der Waals surface area contributed by atoms with E-state index in [0.717, 1.165) is 43.3 Å². The molecule has 64 heavy (non-hydrogen) atoms. The van der Waals surface area contributed by atoms with E-state index in [-0.39, 0.29) is 43.0 Å². The second-order valence-electron chi connectivity index (χ2n) is 20.4. The predicted molar refractivity (Wildman–Crippen MR) is 218 cm³/mol. The third-order valence-electron chi connectivity index (χ3n) is 17.1. The van der Waals surface area contributed by atoms with Crippen LogP contribution in [0, 0.1) is 40.4 Å². The van der Waals surface area contributed by atoms with Crippen LogP contribution in [0.2, 0.25) is 0 Å². The number of carbonyl (C=O) groups excluding carboxylic acids is 1. The third kappa shape index (κ3) is 8.45. The molecular weight excluding hydrogens is 844 g/mol. The molecular formula is C45H70O19. The number of carbonyl (C=O) groups is 1. The number of ether oxygens (including phenoxy) is 7. The number of fused-ring (bicyclic) bond motifs is 5. The molecule has 4 aliphatic carbocycles. The molecule has 4 aliphatic heterocycles. The zero-order valence-corrected chi connectivity index (χ0v) is 36.9. The van der Waals surface area contributed by atoms with E-state index in [0.29, 0.717) is 36.2 Å². The van der Waals surface area contributed by atoms with Gasteiger partial charge in [0, 0.05) is 18.3 Å². The molecule has 11 N–H and O–H groups in total. The standard InChI is InChI=1S/C45H70O19/c1-18-11-28(61-40(57)23(18)14-46)19(2)24-7-8-25-22-6-5-20-12-21(13-31(49)45(20,4)26(22)9-10-44(24,25)3)60-42-38(56)35(53)39(29(15-47)62-42)64-43-37(55)34(52)33(51)30(63-43)17-59-41-36(54)32(50)27(48)16-58-41/h5,19,21-22,24-39,41-43,46-56H,6-17H2,1-4H3. The van der Waals surface area contributed by atoms with E-state index in [1.54, 1.807) is 0 Å². The van der Waals surface area contributed by atoms with Crippen LogP contribution in [-0.4, -0.2) is 193 Å². The van der Waals surface area contributed by atoms with Gasteiger partial charge in [-0.25, -0.2) is 4.79 Å². The summed E-state index contributed by atoms with van der Waals surface area (Å²) in [5.41, 5.74) is 1.86. The van der Waals surface area contributed by atoms with Crippen molar-refractivity contribution in [3.8, 4) is 0 Å². The van der Waals surface area contributed by atoms with Crippen molar-refractivity contribution in [3.63, 3.8) is 0 Å². The summed E-state index contributed by atoms with van der Waals surface area (Å²) in [5.74, 6) is 1.11. The van der Waals surface area contributed by atoms with Gasteiger partial charge in [-0.15, -0.1) is 0 Å². The number of aliphatic hydroxyl groups excluding tert-OH is 11. The number of esters is 1. The maximum Gasteiger partial charge on any atom is 0.336 e. The average Bonchev–Trinajstić information content (AvgIpc) is 3.62. The Morgan fingerprint density at radius 1 is 0.797 bits per heavy atom. The lowest BCUT2D eigenvalue weighted by atomic mass is 9.46. The summed E-state index contributed by atoms with van der Waals surface area (Å²) in [6, 6.07) is 0. The van der Waals surface area contributed by atoms with E-state index in [9.17, 15) is 61.0 Å². The van der Waals surface area contributed by atoms with E-state index in [2.05, 4.69) is 26.8 Å². The molecule has 4 heterocycles. The first-order chi connectivity index (χ1) is 30.3. The Kier molecular flexibility index (Phi) is 14.5. The van der Waals surface area contributed by atoms with Crippen LogP contribution in [0.4, 0.5) is 0 Å². The number of rotatable bonds is 11. The van der Waals surface area contributed by atoms with Crippen LogP contribution in [-0.2, 0) is 38.0 Å². The third-order valence-corrected chi connectivity index (χ3v) is 17.1. The minimum Gasteiger partial charge on any atom is -0.458 e. The van der Waals surface area contributed by atoms with Gasteiger partial charge in [-0.05, 0) is 80.5 Å².